The lowest BCUT2D eigenvalue weighted by molar-refractivity contribution is -0.0728. The first kappa shape index (κ1) is 18.4. The van der Waals surface area contributed by atoms with E-state index in [-0.39, 0.29) is 5.91 Å². The summed E-state index contributed by atoms with van der Waals surface area (Å²) in [6.45, 7) is 11.2. The zero-order valence-electron chi connectivity index (χ0n) is 16.6. The molecule has 6 heteroatoms. The third-order valence-corrected chi connectivity index (χ3v) is 5.98. The largest absolute Gasteiger partial charge is 0.373 e. The van der Waals surface area contributed by atoms with Gasteiger partial charge in [-0.2, -0.15) is 0 Å². The lowest BCUT2D eigenvalue weighted by atomic mass is 9.95. The van der Waals surface area contributed by atoms with Crippen LogP contribution in [-0.4, -0.2) is 70.0 Å². The first-order valence-electron chi connectivity index (χ1n) is 10.1. The number of rotatable bonds is 3. The van der Waals surface area contributed by atoms with Gasteiger partial charge in [0.15, 0.2) is 0 Å². The Morgan fingerprint density at radius 3 is 2.59 bits per heavy atom. The van der Waals surface area contributed by atoms with Crippen molar-refractivity contribution in [3.63, 3.8) is 0 Å². The third kappa shape index (κ3) is 3.87. The molecule has 2 saturated heterocycles. The number of amides is 1. The Hall–Kier alpha value is -1.92. The summed E-state index contributed by atoms with van der Waals surface area (Å²) in [5.41, 5.74) is 2.78. The van der Waals surface area contributed by atoms with E-state index in [4.69, 9.17) is 4.74 Å². The average molecular weight is 370 g/mol. The molecule has 0 saturated carbocycles. The maximum atomic E-state index is 13.0. The summed E-state index contributed by atoms with van der Waals surface area (Å²) in [4.78, 5) is 21.8. The van der Waals surface area contributed by atoms with Gasteiger partial charge in [0.25, 0.3) is 5.91 Å². The van der Waals surface area contributed by atoms with Crippen molar-refractivity contribution in [1.82, 2.24) is 19.2 Å². The Morgan fingerprint density at radius 2 is 1.89 bits per heavy atom. The highest BCUT2D eigenvalue weighted by molar-refractivity contribution is 5.95. The van der Waals surface area contributed by atoms with E-state index in [2.05, 4.69) is 23.7 Å². The number of carbonyl (C=O) groups excluding carboxylic acids is 1. The number of nitrogens with zero attached hydrogens (tertiary/aromatic N) is 4. The molecule has 0 spiro atoms. The minimum atomic E-state index is 0.148. The van der Waals surface area contributed by atoms with Gasteiger partial charge in [0.1, 0.15) is 0 Å². The van der Waals surface area contributed by atoms with Crippen molar-refractivity contribution >= 4 is 11.4 Å². The van der Waals surface area contributed by atoms with Crippen LogP contribution in [0.5, 0.6) is 0 Å². The number of fused-ring (bicyclic) bond motifs is 1. The Kier molecular flexibility index (Phi) is 5.19. The zero-order chi connectivity index (χ0) is 19.0. The summed E-state index contributed by atoms with van der Waals surface area (Å²) in [5, 5.41) is 0. The highest BCUT2D eigenvalue weighted by atomic mass is 16.5. The zero-order valence-corrected chi connectivity index (χ0v) is 16.6. The molecule has 0 aromatic carbocycles. The summed E-state index contributed by atoms with van der Waals surface area (Å²) in [7, 11) is 0. The van der Waals surface area contributed by atoms with Gasteiger partial charge in [-0.3, -0.25) is 9.69 Å². The minimum absolute atomic E-state index is 0.148. The Balaban J connectivity index is 1.35. The van der Waals surface area contributed by atoms with Crippen LogP contribution in [0.1, 0.15) is 42.7 Å². The van der Waals surface area contributed by atoms with E-state index >= 15 is 0 Å². The van der Waals surface area contributed by atoms with Gasteiger partial charge in [-0.1, -0.05) is 0 Å². The fourth-order valence-electron chi connectivity index (χ4n) is 4.64. The molecule has 2 aromatic heterocycles. The second-order valence-electron chi connectivity index (χ2n) is 8.23. The van der Waals surface area contributed by atoms with Crippen molar-refractivity contribution in [2.75, 3.05) is 32.7 Å². The number of pyridine rings is 1. The van der Waals surface area contributed by atoms with Crippen LogP contribution in [0, 0.1) is 12.8 Å². The van der Waals surface area contributed by atoms with Crippen LogP contribution in [0.15, 0.2) is 24.7 Å². The van der Waals surface area contributed by atoms with Crippen molar-refractivity contribution in [3.05, 3.63) is 35.9 Å². The van der Waals surface area contributed by atoms with Gasteiger partial charge >= 0.3 is 0 Å². The molecule has 146 valence electrons. The van der Waals surface area contributed by atoms with E-state index < -0.39 is 0 Å². The molecule has 0 aliphatic carbocycles. The summed E-state index contributed by atoms with van der Waals surface area (Å²) in [6, 6.07) is 3.91. The van der Waals surface area contributed by atoms with Gasteiger partial charge in [-0.15, -0.1) is 0 Å². The Morgan fingerprint density at radius 1 is 1.19 bits per heavy atom. The molecule has 2 atom stereocenters. The molecule has 2 fully saturated rings. The van der Waals surface area contributed by atoms with Crippen molar-refractivity contribution in [3.8, 4) is 0 Å². The molecule has 2 aromatic rings. The molecule has 27 heavy (non-hydrogen) atoms. The number of hydrogen-bond donors (Lipinski definition) is 0. The quantitative estimate of drug-likeness (QED) is 0.833. The van der Waals surface area contributed by atoms with Gasteiger partial charge in [0.05, 0.1) is 35.8 Å². The molecule has 0 N–H and O–H groups in total. The Labute approximate surface area is 161 Å². The van der Waals surface area contributed by atoms with Crippen LogP contribution in [-0.2, 0) is 4.74 Å². The molecule has 4 heterocycles. The molecule has 6 nitrogen and oxygen atoms in total. The van der Waals surface area contributed by atoms with Crippen LogP contribution in [0.25, 0.3) is 5.52 Å². The molecule has 0 radical (unpaired) electrons. The van der Waals surface area contributed by atoms with Crippen LogP contribution in [0.4, 0.5) is 0 Å². The van der Waals surface area contributed by atoms with Crippen molar-refractivity contribution in [2.24, 2.45) is 5.92 Å². The van der Waals surface area contributed by atoms with Gasteiger partial charge in [-0.25, -0.2) is 4.98 Å². The SMILES string of the molecule is Cc1c(C(=O)N2CCC(CN3C[C@@H](C)O[C@H](C)C3)CC2)ccc2cncn12. The third-order valence-electron chi connectivity index (χ3n) is 5.98. The Bertz CT molecular complexity index is 800. The highest BCUT2D eigenvalue weighted by Gasteiger charge is 2.28. The number of aryl methyl sites for hydroxylation is 1. The van der Waals surface area contributed by atoms with E-state index in [1.807, 2.05) is 34.6 Å². The number of piperidine rings is 1. The maximum absolute atomic E-state index is 13.0. The fourth-order valence-corrected chi connectivity index (χ4v) is 4.64. The summed E-state index contributed by atoms with van der Waals surface area (Å²) in [5.74, 6) is 0.818. The number of ether oxygens (including phenoxy) is 1. The lowest BCUT2D eigenvalue weighted by Gasteiger charge is -2.39. The molecule has 2 aliphatic rings. The predicted octanol–water partition coefficient (Wildman–Crippen LogP) is 2.60. The second kappa shape index (κ2) is 7.60. The number of imidazole rings is 1. The van der Waals surface area contributed by atoms with E-state index in [1.54, 1.807) is 6.33 Å². The summed E-state index contributed by atoms with van der Waals surface area (Å²) < 4.78 is 7.82. The molecular formula is C21H30N4O2. The summed E-state index contributed by atoms with van der Waals surface area (Å²) in [6.07, 6.45) is 6.39. The van der Waals surface area contributed by atoms with Crippen LogP contribution >= 0.6 is 0 Å². The van der Waals surface area contributed by atoms with Gasteiger partial charge < -0.3 is 14.0 Å². The first-order chi connectivity index (χ1) is 13.0. The van der Waals surface area contributed by atoms with Gasteiger partial charge in [0, 0.05) is 38.4 Å². The predicted molar refractivity (Wildman–Crippen MR) is 105 cm³/mol. The molecular weight excluding hydrogens is 340 g/mol. The smallest absolute Gasteiger partial charge is 0.255 e. The van der Waals surface area contributed by atoms with Crippen LogP contribution in [0.2, 0.25) is 0 Å². The number of aromatic nitrogens is 2. The van der Waals surface area contributed by atoms with Crippen LogP contribution in [0.3, 0.4) is 0 Å². The molecule has 0 unspecified atom stereocenters. The number of hydrogen-bond acceptors (Lipinski definition) is 4. The molecule has 2 aliphatic heterocycles. The molecule has 1 amide bonds. The lowest BCUT2D eigenvalue weighted by Crippen LogP contribution is -2.48. The van der Waals surface area contributed by atoms with Gasteiger partial charge in [0.2, 0.25) is 0 Å². The van der Waals surface area contributed by atoms with Gasteiger partial charge in [-0.05, 0) is 51.7 Å². The first-order valence-corrected chi connectivity index (χ1v) is 10.1. The number of morpholine rings is 1. The van der Waals surface area contributed by atoms with Crippen molar-refractivity contribution in [2.45, 2.75) is 45.8 Å². The maximum Gasteiger partial charge on any atom is 0.255 e. The number of carbonyl (C=O) groups is 1. The molecule has 0 bridgehead atoms. The minimum Gasteiger partial charge on any atom is -0.373 e. The normalized spacial score (nSPS) is 25.2. The average Bonchev–Trinajstić information content (AvgIpc) is 3.11. The summed E-state index contributed by atoms with van der Waals surface area (Å²) >= 11 is 0. The van der Waals surface area contributed by atoms with E-state index in [0.717, 1.165) is 62.3 Å². The van der Waals surface area contributed by atoms with Crippen molar-refractivity contribution < 1.29 is 9.53 Å². The fraction of sp³-hybridized carbons (Fsp3) is 0.619. The van der Waals surface area contributed by atoms with E-state index in [0.29, 0.717) is 18.1 Å². The number of likely N-dealkylation sites (tertiary alicyclic amines) is 1. The van der Waals surface area contributed by atoms with E-state index in [9.17, 15) is 4.79 Å². The highest BCUT2D eigenvalue weighted by Crippen LogP contribution is 2.23. The van der Waals surface area contributed by atoms with Crippen LogP contribution < -0.4 is 0 Å². The van der Waals surface area contributed by atoms with E-state index in [1.165, 1.54) is 0 Å². The van der Waals surface area contributed by atoms with Crippen molar-refractivity contribution in [1.29, 1.82) is 0 Å². The monoisotopic (exact) mass is 370 g/mol. The standard InChI is InChI=1S/C21H30N4O2/c1-15-11-23(12-16(2)27-15)13-18-6-8-24(9-7-18)21(26)20-5-4-19-10-22-14-25(19)17(20)3/h4-5,10,14-16,18H,6-9,11-13H2,1-3H3/t15-,16-/m1/s1. The topological polar surface area (TPSA) is 50.1 Å². The molecule has 4 rings (SSSR count). The second-order valence-corrected chi connectivity index (χ2v) is 8.23.